The molecule has 16 heavy (non-hydrogen) atoms. The van der Waals surface area contributed by atoms with Crippen molar-refractivity contribution in [3.05, 3.63) is 0 Å². The Morgan fingerprint density at radius 1 is 0.875 bits per heavy atom. The SMILES string of the molecule is CCC(CC(CC(F)(F)F)C(C)C)C(C)C. The molecule has 0 saturated heterocycles. The second-order valence-electron chi connectivity index (χ2n) is 5.47. The van der Waals surface area contributed by atoms with Gasteiger partial charge >= 0.3 is 6.18 Å². The van der Waals surface area contributed by atoms with Crippen LogP contribution in [0.15, 0.2) is 0 Å². The van der Waals surface area contributed by atoms with Crippen molar-refractivity contribution >= 4 is 0 Å². The third kappa shape index (κ3) is 6.39. The van der Waals surface area contributed by atoms with Crippen LogP contribution in [-0.2, 0) is 0 Å². The van der Waals surface area contributed by atoms with Crippen LogP contribution in [0.2, 0.25) is 0 Å². The zero-order chi connectivity index (χ0) is 12.9. The van der Waals surface area contributed by atoms with E-state index in [9.17, 15) is 13.2 Å². The van der Waals surface area contributed by atoms with Gasteiger partial charge < -0.3 is 0 Å². The Kier molecular flexibility index (Phi) is 6.42. The highest BCUT2D eigenvalue weighted by molar-refractivity contribution is 4.73. The van der Waals surface area contributed by atoms with Gasteiger partial charge in [-0.1, -0.05) is 41.0 Å². The number of hydrogen-bond donors (Lipinski definition) is 0. The quantitative estimate of drug-likeness (QED) is 0.590. The van der Waals surface area contributed by atoms with Crippen LogP contribution in [0.3, 0.4) is 0 Å². The van der Waals surface area contributed by atoms with Gasteiger partial charge in [-0.2, -0.15) is 13.2 Å². The topological polar surface area (TPSA) is 0 Å². The Hall–Kier alpha value is -0.210. The van der Waals surface area contributed by atoms with Crippen molar-refractivity contribution in [2.45, 2.75) is 60.1 Å². The van der Waals surface area contributed by atoms with Crippen LogP contribution in [0.25, 0.3) is 0 Å². The highest BCUT2D eigenvalue weighted by Crippen LogP contribution is 2.35. The zero-order valence-electron chi connectivity index (χ0n) is 11.1. The molecule has 3 heteroatoms. The molecule has 0 aromatic carbocycles. The Labute approximate surface area is 97.6 Å². The summed E-state index contributed by atoms with van der Waals surface area (Å²) in [5, 5.41) is 0. The van der Waals surface area contributed by atoms with Crippen molar-refractivity contribution in [1.29, 1.82) is 0 Å². The molecule has 0 aromatic heterocycles. The first-order valence-corrected chi connectivity index (χ1v) is 6.24. The van der Waals surface area contributed by atoms with Crippen LogP contribution in [0.4, 0.5) is 13.2 Å². The molecule has 0 spiro atoms. The molecule has 0 fully saturated rings. The number of halogens is 3. The van der Waals surface area contributed by atoms with E-state index in [2.05, 4.69) is 20.8 Å². The molecular weight excluding hydrogens is 213 g/mol. The summed E-state index contributed by atoms with van der Waals surface area (Å²) >= 11 is 0. The van der Waals surface area contributed by atoms with Gasteiger partial charge in [0.2, 0.25) is 0 Å². The minimum atomic E-state index is -4.02. The van der Waals surface area contributed by atoms with Gasteiger partial charge in [-0.15, -0.1) is 0 Å². The summed E-state index contributed by atoms with van der Waals surface area (Å²) in [7, 11) is 0. The predicted octanol–water partition coefficient (Wildman–Crippen LogP) is 5.28. The lowest BCUT2D eigenvalue weighted by atomic mass is 9.79. The molecule has 0 aliphatic rings. The van der Waals surface area contributed by atoms with Gasteiger partial charge in [0.25, 0.3) is 0 Å². The average molecular weight is 238 g/mol. The molecule has 0 N–H and O–H groups in total. The van der Waals surface area contributed by atoms with Crippen molar-refractivity contribution < 1.29 is 13.2 Å². The molecule has 0 nitrogen and oxygen atoms in total. The Bertz CT molecular complexity index is 182. The van der Waals surface area contributed by atoms with E-state index in [0.717, 1.165) is 6.42 Å². The van der Waals surface area contributed by atoms with Gasteiger partial charge in [-0.05, 0) is 30.1 Å². The summed E-state index contributed by atoms with van der Waals surface area (Å²) in [6.45, 7) is 10.0. The molecular formula is C13H25F3. The van der Waals surface area contributed by atoms with Crippen molar-refractivity contribution in [2.24, 2.45) is 23.7 Å². The largest absolute Gasteiger partial charge is 0.389 e. The molecule has 0 radical (unpaired) electrons. The maximum Gasteiger partial charge on any atom is 0.389 e. The summed E-state index contributed by atoms with van der Waals surface area (Å²) in [5.41, 5.74) is 0. The summed E-state index contributed by atoms with van der Waals surface area (Å²) in [6, 6.07) is 0. The lowest BCUT2D eigenvalue weighted by Crippen LogP contribution is -2.23. The lowest BCUT2D eigenvalue weighted by molar-refractivity contribution is -0.149. The smallest absolute Gasteiger partial charge is 0.171 e. The molecule has 0 aliphatic carbocycles. The van der Waals surface area contributed by atoms with Crippen LogP contribution in [-0.4, -0.2) is 6.18 Å². The molecule has 2 unspecified atom stereocenters. The fraction of sp³-hybridized carbons (Fsp3) is 1.00. The molecule has 0 amide bonds. The Morgan fingerprint density at radius 3 is 1.56 bits per heavy atom. The number of hydrogen-bond acceptors (Lipinski definition) is 0. The molecule has 0 bridgehead atoms. The maximum atomic E-state index is 12.4. The van der Waals surface area contributed by atoms with E-state index in [0.29, 0.717) is 18.3 Å². The van der Waals surface area contributed by atoms with Gasteiger partial charge in [0, 0.05) is 6.42 Å². The average Bonchev–Trinajstić information content (AvgIpc) is 2.09. The minimum absolute atomic E-state index is 0.106. The van der Waals surface area contributed by atoms with E-state index in [-0.39, 0.29) is 11.8 Å². The molecule has 0 aliphatic heterocycles. The molecule has 98 valence electrons. The van der Waals surface area contributed by atoms with E-state index in [1.54, 1.807) is 0 Å². The summed E-state index contributed by atoms with van der Waals surface area (Å²) < 4.78 is 37.3. The van der Waals surface area contributed by atoms with Gasteiger partial charge in [-0.25, -0.2) is 0 Å². The first-order valence-electron chi connectivity index (χ1n) is 6.24. The third-order valence-corrected chi connectivity index (χ3v) is 3.51. The van der Waals surface area contributed by atoms with Crippen LogP contribution in [0, 0.1) is 23.7 Å². The molecule has 0 heterocycles. The normalized spacial score (nSPS) is 16.9. The second kappa shape index (κ2) is 6.51. The van der Waals surface area contributed by atoms with Crippen molar-refractivity contribution in [3.63, 3.8) is 0 Å². The fourth-order valence-corrected chi connectivity index (χ4v) is 2.19. The molecule has 0 rings (SSSR count). The third-order valence-electron chi connectivity index (χ3n) is 3.51. The van der Waals surface area contributed by atoms with E-state index in [1.807, 2.05) is 13.8 Å². The van der Waals surface area contributed by atoms with Crippen molar-refractivity contribution in [2.75, 3.05) is 0 Å². The summed E-state index contributed by atoms with van der Waals surface area (Å²) in [6.07, 6.45) is -2.98. The van der Waals surface area contributed by atoms with Crippen LogP contribution in [0.5, 0.6) is 0 Å². The minimum Gasteiger partial charge on any atom is -0.171 e. The second-order valence-corrected chi connectivity index (χ2v) is 5.47. The van der Waals surface area contributed by atoms with Gasteiger partial charge in [-0.3, -0.25) is 0 Å². The van der Waals surface area contributed by atoms with E-state index in [4.69, 9.17) is 0 Å². The lowest BCUT2D eigenvalue weighted by Gasteiger charge is -2.28. The molecule has 0 aromatic rings. The van der Waals surface area contributed by atoms with Crippen LogP contribution in [0.1, 0.15) is 53.9 Å². The van der Waals surface area contributed by atoms with E-state index < -0.39 is 12.6 Å². The standard InChI is InChI=1S/C13H25F3/c1-6-11(9(2)3)7-12(10(4)5)8-13(14,15)16/h9-12H,6-8H2,1-5H3. The monoisotopic (exact) mass is 238 g/mol. The Balaban J connectivity index is 4.44. The zero-order valence-corrected chi connectivity index (χ0v) is 11.1. The van der Waals surface area contributed by atoms with E-state index in [1.165, 1.54) is 0 Å². The summed E-state index contributed by atoms with van der Waals surface area (Å²) in [4.78, 5) is 0. The van der Waals surface area contributed by atoms with Crippen LogP contribution >= 0.6 is 0 Å². The summed E-state index contributed by atoms with van der Waals surface area (Å²) in [5.74, 6) is 0.760. The Morgan fingerprint density at radius 2 is 1.31 bits per heavy atom. The highest BCUT2D eigenvalue weighted by Gasteiger charge is 2.34. The van der Waals surface area contributed by atoms with E-state index >= 15 is 0 Å². The van der Waals surface area contributed by atoms with Gasteiger partial charge in [0.05, 0.1) is 0 Å². The molecule has 0 saturated carbocycles. The molecule has 2 atom stereocenters. The van der Waals surface area contributed by atoms with Crippen LogP contribution < -0.4 is 0 Å². The van der Waals surface area contributed by atoms with Crippen molar-refractivity contribution in [1.82, 2.24) is 0 Å². The maximum absolute atomic E-state index is 12.4. The van der Waals surface area contributed by atoms with Crippen molar-refractivity contribution in [3.8, 4) is 0 Å². The fourth-order valence-electron chi connectivity index (χ4n) is 2.19. The number of alkyl halides is 3. The van der Waals surface area contributed by atoms with Gasteiger partial charge in [0.15, 0.2) is 0 Å². The predicted molar refractivity (Wildman–Crippen MR) is 62.2 cm³/mol. The highest BCUT2D eigenvalue weighted by atomic mass is 19.4. The number of rotatable bonds is 6. The first-order chi connectivity index (χ1) is 7.17. The van der Waals surface area contributed by atoms with Gasteiger partial charge in [0.1, 0.15) is 0 Å². The first kappa shape index (κ1) is 15.8.